The highest BCUT2D eigenvalue weighted by molar-refractivity contribution is 5.66. The first kappa shape index (κ1) is 7.30. The van der Waals surface area contributed by atoms with Crippen molar-refractivity contribution in [1.82, 2.24) is 15.1 Å². The molecule has 2 rings (SSSR count). The Morgan fingerprint density at radius 1 is 1.75 bits per heavy atom. The van der Waals surface area contributed by atoms with Gasteiger partial charge < -0.3 is 10.4 Å². The Labute approximate surface area is 69.0 Å². The quantitative estimate of drug-likeness (QED) is 0.627. The van der Waals surface area contributed by atoms with Gasteiger partial charge in [0.1, 0.15) is 6.54 Å². The Bertz CT molecular complexity index is 318. The predicted octanol–water partition coefficient (Wildman–Crippen LogP) is -0.429. The number of fused-ring (bicyclic) bond motifs is 1. The molecule has 0 fully saturated rings. The summed E-state index contributed by atoms with van der Waals surface area (Å²) in [5, 5.41) is 15.6. The zero-order chi connectivity index (χ0) is 8.55. The molecule has 64 valence electrons. The lowest BCUT2D eigenvalue weighted by atomic mass is 10.3. The number of nitrogens with zero attached hydrogens (tertiary/aromatic N) is 2. The van der Waals surface area contributed by atoms with Crippen LogP contribution in [0.3, 0.4) is 0 Å². The highest BCUT2D eigenvalue weighted by Gasteiger charge is 2.16. The third kappa shape index (κ3) is 1.08. The number of hydrogen-bond acceptors (Lipinski definition) is 3. The number of carbonyl (C=O) groups is 1. The van der Waals surface area contributed by atoms with Crippen LogP contribution in [-0.2, 0) is 24.4 Å². The molecule has 12 heavy (non-hydrogen) atoms. The molecule has 0 aromatic carbocycles. The number of aliphatic carboxylic acids is 1. The molecular formula is C7H9N3O2. The Morgan fingerprint density at radius 2 is 2.58 bits per heavy atom. The Balaban J connectivity index is 2.27. The summed E-state index contributed by atoms with van der Waals surface area (Å²) in [6.45, 7) is 1.48. The minimum absolute atomic E-state index is 0.0446. The van der Waals surface area contributed by atoms with E-state index in [-0.39, 0.29) is 6.54 Å². The minimum Gasteiger partial charge on any atom is -0.480 e. The second-order valence-corrected chi connectivity index (χ2v) is 2.77. The van der Waals surface area contributed by atoms with Crippen molar-refractivity contribution in [3.05, 3.63) is 17.5 Å². The molecule has 0 amide bonds. The van der Waals surface area contributed by atoms with E-state index < -0.39 is 5.97 Å². The summed E-state index contributed by atoms with van der Waals surface area (Å²) in [4.78, 5) is 10.4. The van der Waals surface area contributed by atoms with Gasteiger partial charge in [-0.2, -0.15) is 5.10 Å². The van der Waals surface area contributed by atoms with Gasteiger partial charge in [-0.3, -0.25) is 9.48 Å². The average Bonchev–Trinajstić information content (AvgIpc) is 2.52. The number of carboxylic acids is 1. The van der Waals surface area contributed by atoms with Crippen molar-refractivity contribution in [1.29, 1.82) is 0 Å². The lowest BCUT2D eigenvalue weighted by molar-refractivity contribution is -0.137. The van der Waals surface area contributed by atoms with E-state index in [1.165, 1.54) is 4.68 Å². The van der Waals surface area contributed by atoms with Crippen LogP contribution >= 0.6 is 0 Å². The fourth-order valence-corrected chi connectivity index (χ4v) is 1.38. The van der Waals surface area contributed by atoms with Crippen LogP contribution in [-0.4, -0.2) is 20.9 Å². The fourth-order valence-electron chi connectivity index (χ4n) is 1.38. The summed E-state index contributed by atoms with van der Waals surface area (Å²) in [5.74, 6) is -0.854. The molecule has 0 unspecified atom stereocenters. The Kier molecular flexibility index (Phi) is 1.58. The summed E-state index contributed by atoms with van der Waals surface area (Å²) in [5.41, 5.74) is 2.11. The zero-order valence-corrected chi connectivity index (χ0v) is 6.45. The van der Waals surface area contributed by atoms with Gasteiger partial charge in [0.25, 0.3) is 0 Å². The largest absolute Gasteiger partial charge is 0.480 e. The number of hydrogen-bond donors (Lipinski definition) is 2. The Morgan fingerprint density at radius 3 is 3.33 bits per heavy atom. The van der Waals surface area contributed by atoms with Gasteiger partial charge in [-0.1, -0.05) is 0 Å². The van der Waals surface area contributed by atoms with E-state index in [2.05, 4.69) is 10.4 Å². The van der Waals surface area contributed by atoms with Crippen LogP contribution in [0.15, 0.2) is 6.20 Å². The molecule has 5 heteroatoms. The van der Waals surface area contributed by atoms with Gasteiger partial charge in [0.2, 0.25) is 0 Å². The van der Waals surface area contributed by atoms with Gasteiger partial charge in [-0.05, 0) is 0 Å². The average molecular weight is 167 g/mol. The highest BCUT2D eigenvalue weighted by atomic mass is 16.4. The van der Waals surface area contributed by atoms with Crippen LogP contribution in [0.25, 0.3) is 0 Å². The minimum atomic E-state index is -0.854. The van der Waals surface area contributed by atoms with Crippen LogP contribution in [0.2, 0.25) is 0 Å². The van der Waals surface area contributed by atoms with Crippen molar-refractivity contribution >= 4 is 5.97 Å². The van der Waals surface area contributed by atoms with Crippen molar-refractivity contribution in [2.75, 3.05) is 0 Å². The van der Waals surface area contributed by atoms with E-state index in [1.807, 2.05) is 0 Å². The molecule has 0 spiro atoms. The molecule has 1 aromatic heterocycles. The maximum Gasteiger partial charge on any atom is 0.325 e. The standard InChI is InChI=1S/C7H9N3O2/c11-7(12)4-10-6-3-8-1-5(6)2-9-10/h2,8H,1,3-4H2,(H,11,12). The van der Waals surface area contributed by atoms with Crippen molar-refractivity contribution < 1.29 is 9.90 Å². The van der Waals surface area contributed by atoms with E-state index in [0.717, 1.165) is 24.3 Å². The Hall–Kier alpha value is -1.36. The lowest BCUT2D eigenvalue weighted by Crippen LogP contribution is -2.14. The van der Waals surface area contributed by atoms with Gasteiger partial charge in [0.05, 0.1) is 11.9 Å². The molecule has 1 aromatic rings. The molecule has 0 saturated carbocycles. The molecule has 0 atom stereocenters. The van der Waals surface area contributed by atoms with Gasteiger partial charge >= 0.3 is 5.97 Å². The van der Waals surface area contributed by atoms with E-state index in [9.17, 15) is 4.79 Å². The zero-order valence-electron chi connectivity index (χ0n) is 6.45. The second kappa shape index (κ2) is 2.60. The van der Waals surface area contributed by atoms with Crippen molar-refractivity contribution in [3.63, 3.8) is 0 Å². The van der Waals surface area contributed by atoms with E-state index >= 15 is 0 Å². The fraction of sp³-hybridized carbons (Fsp3) is 0.429. The van der Waals surface area contributed by atoms with Crippen molar-refractivity contribution in [2.45, 2.75) is 19.6 Å². The maximum absolute atomic E-state index is 10.4. The van der Waals surface area contributed by atoms with E-state index in [0.29, 0.717) is 0 Å². The van der Waals surface area contributed by atoms with Crippen molar-refractivity contribution in [3.8, 4) is 0 Å². The molecule has 2 N–H and O–H groups in total. The van der Waals surface area contributed by atoms with Crippen LogP contribution < -0.4 is 5.32 Å². The summed E-state index contributed by atoms with van der Waals surface area (Å²) in [6.07, 6.45) is 1.72. The maximum atomic E-state index is 10.4. The molecule has 5 nitrogen and oxygen atoms in total. The summed E-state index contributed by atoms with van der Waals surface area (Å²) < 4.78 is 1.53. The second-order valence-electron chi connectivity index (χ2n) is 2.77. The van der Waals surface area contributed by atoms with Crippen LogP contribution in [0, 0.1) is 0 Å². The molecule has 1 aliphatic rings. The third-order valence-electron chi connectivity index (χ3n) is 1.93. The summed E-state index contributed by atoms with van der Waals surface area (Å²) in [6, 6.07) is 0. The summed E-state index contributed by atoms with van der Waals surface area (Å²) >= 11 is 0. The SMILES string of the molecule is O=C(O)Cn1ncc2c1CNC2. The number of carboxylic acid groups (broad SMARTS) is 1. The van der Waals surface area contributed by atoms with Gasteiger partial charge in [0, 0.05) is 18.7 Å². The van der Waals surface area contributed by atoms with Crippen molar-refractivity contribution in [2.24, 2.45) is 0 Å². The lowest BCUT2D eigenvalue weighted by Gasteiger charge is -1.99. The van der Waals surface area contributed by atoms with Gasteiger partial charge in [-0.25, -0.2) is 0 Å². The number of rotatable bonds is 2. The monoisotopic (exact) mass is 167 g/mol. The highest BCUT2D eigenvalue weighted by Crippen LogP contribution is 2.13. The van der Waals surface area contributed by atoms with Gasteiger partial charge in [-0.15, -0.1) is 0 Å². The first-order valence-electron chi connectivity index (χ1n) is 3.73. The van der Waals surface area contributed by atoms with E-state index in [1.54, 1.807) is 6.20 Å². The molecule has 2 heterocycles. The first-order valence-corrected chi connectivity index (χ1v) is 3.73. The number of aromatic nitrogens is 2. The molecular weight excluding hydrogens is 158 g/mol. The smallest absolute Gasteiger partial charge is 0.325 e. The van der Waals surface area contributed by atoms with Crippen LogP contribution in [0.4, 0.5) is 0 Å². The topological polar surface area (TPSA) is 67.1 Å². The molecule has 0 aliphatic carbocycles. The molecule has 1 aliphatic heterocycles. The third-order valence-corrected chi connectivity index (χ3v) is 1.93. The van der Waals surface area contributed by atoms with Gasteiger partial charge in [0.15, 0.2) is 0 Å². The van der Waals surface area contributed by atoms with E-state index in [4.69, 9.17) is 5.11 Å². The predicted molar refractivity (Wildman–Crippen MR) is 40.4 cm³/mol. The normalized spacial score (nSPS) is 14.7. The number of nitrogens with one attached hydrogen (secondary N) is 1. The van der Waals surface area contributed by atoms with Crippen LogP contribution in [0.1, 0.15) is 11.3 Å². The van der Waals surface area contributed by atoms with Crippen LogP contribution in [0.5, 0.6) is 0 Å². The molecule has 0 bridgehead atoms. The molecule has 0 saturated heterocycles. The first-order chi connectivity index (χ1) is 5.77. The molecule has 0 radical (unpaired) electrons. The summed E-state index contributed by atoms with van der Waals surface area (Å²) in [7, 11) is 0.